The number of nitrogens with one attached hydrogen (secondary N) is 2. The lowest BCUT2D eigenvalue weighted by molar-refractivity contribution is 0.192. The van der Waals surface area contributed by atoms with Crippen LogP contribution in [-0.4, -0.2) is 59.0 Å². The fraction of sp³-hybridized carbons (Fsp3) is 0.650. The van der Waals surface area contributed by atoms with Crippen molar-refractivity contribution in [2.75, 3.05) is 51.9 Å². The van der Waals surface area contributed by atoms with Crippen LogP contribution in [0.2, 0.25) is 5.02 Å². The number of hydrogen-bond donors (Lipinski definition) is 2. The van der Waals surface area contributed by atoms with Gasteiger partial charge in [-0.3, -0.25) is 4.99 Å². The molecule has 1 aliphatic heterocycles. The predicted octanol–water partition coefficient (Wildman–Crippen LogP) is 3.30. The van der Waals surface area contributed by atoms with Crippen molar-refractivity contribution < 1.29 is 9.47 Å². The van der Waals surface area contributed by atoms with Gasteiger partial charge in [0.05, 0.1) is 12.8 Å². The minimum atomic E-state index is 0.347. The van der Waals surface area contributed by atoms with E-state index >= 15 is 0 Å². The summed E-state index contributed by atoms with van der Waals surface area (Å²) in [5.41, 5.74) is 1.05. The smallest absolute Gasteiger partial charge is 0.191 e. The summed E-state index contributed by atoms with van der Waals surface area (Å²) in [6.45, 7) is 6.46. The van der Waals surface area contributed by atoms with Crippen molar-refractivity contribution in [1.82, 2.24) is 10.6 Å². The first kappa shape index (κ1) is 21.6. The van der Waals surface area contributed by atoms with E-state index in [1.165, 1.54) is 0 Å². The first-order valence-electron chi connectivity index (χ1n) is 9.80. The van der Waals surface area contributed by atoms with Crippen molar-refractivity contribution in [2.45, 2.75) is 38.6 Å². The predicted molar refractivity (Wildman–Crippen MR) is 113 cm³/mol. The van der Waals surface area contributed by atoms with E-state index in [1.807, 2.05) is 18.2 Å². The highest BCUT2D eigenvalue weighted by atomic mass is 35.5. The Morgan fingerprint density at radius 3 is 2.89 bits per heavy atom. The molecule has 0 spiro atoms. The van der Waals surface area contributed by atoms with E-state index in [9.17, 15) is 0 Å². The number of guanidine groups is 1. The van der Waals surface area contributed by atoms with Crippen LogP contribution in [0.15, 0.2) is 23.2 Å². The number of rotatable bonds is 10. The molecule has 0 radical (unpaired) electrons. The lowest BCUT2D eigenvalue weighted by atomic mass is 10.2. The third-order valence-electron chi connectivity index (χ3n) is 4.63. The molecule has 1 aromatic rings. The van der Waals surface area contributed by atoms with Gasteiger partial charge in [-0.1, -0.05) is 11.6 Å². The molecule has 0 aliphatic carbocycles. The van der Waals surface area contributed by atoms with Crippen molar-refractivity contribution in [1.29, 1.82) is 0 Å². The standard InChI is InChI=1S/C20H33ClN4O2/c1-4-22-20(23-11-6-5-7-13-26-2)24-17-10-12-25(15-17)18-14-16(21)8-9-19(18)27-3/h8-9,14,17H,4-7,10-13,15H2,1-3H3,(H2,22,23,24). The Bertz CT molecular complexity index is 597. The normalized spacial score (nSPS) is 17.3. The molecule has 1 aliphatic rings. The fourth-order valence-corrected chi connectivity index (χ4v) is 3.41. The monoisotopic (exact) mass is 396 g/mol. The number of hydrogen-bond acceptors (Lipinski definition) is 4. The summed E-state index contributed by atoms with van der Waals surface area (Å²) in [6, 6.07) is 6.11. The molecule has 6 nitrogen and oxygen atoms in total. The van der Waals surface area contributed by atoms with Gasteiger partial charge in [0.2, 0.25) is 0 Å². The molecule has 27 heavy (non-hydrogen) atoms. The number of aliphatic imine (C=N–C) groups is 1. The highest BCUT2D eigenvalue weighted by Crippen LogP contribution is 2.33. The Morgan fingerprint density at radius 2 is 2.15 bits per heavy atom. The highest BCUT2D eigenvalue weighted by molar-refractivity contribution is 6.30. The largest absolute Gasteiger partial charge is 0.495 e. The zero-order valence-electron chi connectivity index (χ0n) is 16.8. The lowest BCUT2D eigenvalue weighted by Crippen LogP contribution is -2.44. The number of anilines is 1. The lowest BCUT2D eigenvalue weighted by Gasteiger charge is -2.22. The second-order valence-corrected chi connectivity index (χ2v) is 7.14. The molecule has 1 atom stereocenters. The number of halogens is 1. The molecule has 0 bridgehead atoms. The first-order valence-corrected chi connectivity index (χ1v) is 10.2. The van der Waals surface area contributed by atoms with E-state index in [1.54, 1.807) is 14.2 Å². The van der Waals surface area contributed by atoms with Crippen molar-refractivity contribution in [3.8, 4) is 5.75 Å². The van der Waals surface area contributed by atoms with Crippen molar-refractivity contribution in [3.05, 3.63) is 23.2 Å². The van der Waals surface area contributed by atoms with Crippen LogP contribution < -0.4 is 20.3 Å². The number of methoxy groups -OCH3 is 2. The Labute approximate surface area is 168 Å². The molecule has 7 heteroatoms. The summed E-state index contributed by atoms with van der Waals surface area (Å²) in [6.07, 6.45) is 4.36. The topological polar surface area (TPSA) is 58.1 Å². The van der Waals surface area contributed by atoms with Crippen LogP contribution in [0.1, 0.15) is 32.6 Å². The van der Waals surface area contributed by atoms with Gasteiger partial charge >= 0.3 is 0 Å². The second kappa shape index (κ2) is 11.9. The first-order chi connectivity index (χ1) is 13.2. The van der Waals surface area contributed by atoms with Gasteiger partial charge in [0, 0.05) is 51.0 Å². The van der Waals surface area contributed by atoms with Crippen LogP contribution in [0.25, 0.3) is 0 Å². The summed E-state index contributed by atoms with van der Waals surface area (Å²) >= 11 is 6.18. The molecule has 2 rings (SSSR count). The van der Waals surface area contributed by atoms with E-state index in [0.717, 1.165) is 80.9 Å². The average molecular weight is 397 g/mol. The number of unbranched alkanes of at least 4 members (excludes halogenated alkanes) is 2. The van der Waals surface area contributed by atoms with Crippen LogP contribution >= 0.6 is 11.6 Å². The fourth-order valence-electron chi connectivity index (χ4n) is 3.25. The second-order valence-electron chi connectivity index (χ2n) is 6.71. The Kier molecular flexibility index (Phi) is 9.56. The zero-order valence-corrected chi connectivity index (χ0v) is 17.5. The third kappa shape index (κ3) is 7.11. The van der Waals surface area contributed by atoms with Crippen LogP contribution in [0.5, 0.6) is 5.75 Å². The van der Waals surface area contributed by atoms with Gasteiger partial charge in [0.1, 0.15) is 5.75 Å². The van der Waals surface area contributed by atoms with Crippen molar-refractivity contribution >= 4 is 23.2 Å². The van der Waals surface area contributed by atoms with Crippen LogP contribution in [-0.2, 0) is 4.74 Å². The van der Waals surface area contributed by atoms with Crippen molar-refractivity contribution in [2.24, 2.45) is 4.99 Å². The molecular formula is C20H33ClN4O2. The summed E-state index contributed by atoms with van der Waals surface area (Å²) in [5, 5.41) is 7.64. The third-order valence-corrected chi connectivity index (χ3v) is 4.87. The summed E-state index contributed by atoms with van der Waals surface area (Å²) in [4.78, 5) is 7.03. The molecule has 0 amide bonds. The van der Waals surface area contributed by atoms with Crippen LogP contribution in [0.3, 0.4) is 0 Å². The van der Waals surface area contributed by atoms with Gasteiger partial charge in [0.25, 0.3) is 0 Å². The molecule has 2 N–H and O–H groups in total. The molecule has 1 fully saturated rings. The van der Waals surface area contributed by atoms with E-state index in [4.69, 9.17) is 26.1 Å². The molecule has 152 valence electrons. The maximum absolute atomic E-state index is 6.18. The SMILES string of the molecule is CCNC(=NCCCCCOC)NC1CCN(c2cc(Cl)ccc2OC)C1. The van der Waals surface area contributed by atoms with Gasteiger partial charge in [0.15, 0.2) is 5.96 Å². The molecule has 0 aromatic heterocycles. The van der Waals surface area contributed by atoms with E-state index < -0.39 is 0 Å². The maximum atomic E-state index is 6.18. The Balaban J connectivity index is 1.88. The Hall–Kier alpha value is -1.66. The van der Waals surface area contributed by atoms with Crippen molar-refractivity contribution in [3.63, 3.8) is 0 Å². The van der Waals surface area contributed by atoms with Gasteiger partial charge in [-0.15, -0.1) is 0 Å². The van der Waals surface area contributed by atoms with E-state index in [2.05, 4.69) is 22.5 Å². The average Bonchev–Trinajstić information content (AvgIpc) is 3.13. The minimum Gasteiger partial charge on any atom is -0.495 e. The number of nitrogens with zero attached hydrogens (tertiary/aromatic N) is 2. The summed E-state index contributed by atoms with van der Waals surface area (Å²) < 4.78 is 10.6. The quantitative estimate of drug-likeness (QED) is 0.361. The number of ether oxygens (including phenoxy) is 2. The highest BCUT2D eigenvalue weighted by Gasteiger charge is 2.25. The van der Waals surface area contributed by atoms with Gasteiger partial charge in [-0.25, -0.2) is 0 Å². The molecule has 1 aromatic carbocycles. The van der Waals surface area contributed by atoms with Gasteiger partial charge in [-0.05, 0) is 50.8 Å². The molecule has 1 saturated heterocycles. The molecular weight excluding hydrogens is 364 g/mol. The molecule has 1 unspecified atom stereocenters. The van der Waals surface area contributed by atoms with Gasteiger partial charge < -0.3 is 25.0 Å². The van der Waals surface area contributed by atoms with E-state index in [-0.39, 0.29) is 0 Å². The van der Waals surface area contributed by atoms with Crippen LogP contribution in [0.4, 0.5) is 5.69 Å². The summed E-state index contributed by atoms with van der Waals surface area (Å²) in [5.74, 6) is 1.76. The van der Waals surface area contributed by atoms with Crippen LogP contribution in [0, 0.1) is 0 Å². The molecule has 1 heterocycles. The van der Waals surface area contributed by atoms with Gasteiger partial charge in [-0.2, -0.15) is 0 Å². The number of benzene rings is 1. The zero-order chi connectivity index (χ0) is 19.5. The minimum absolute atomic E-state index is 0.347. The van der Waals surface area contributed by atoms with E-state index in [0.29, 0.717) is 6.04 Å². The maximum Gasteiger partial charge on any atom is 0.191 e. The molecule has 0 saturated carbocycles. The Morgan fingerprint density at radius 1 is 1.30 bits per heavy atom. The summed E-state index contributed by atoms with van der Waals surface area (Å²) in [7, 11) is 3.44.